The van der Waals surface area contributed by atoms with Gasteiger partial charge in [-0.25, -0.2) is 0 Å². The number of hydrogen-bond donors (Lipinski definition) is 1. The summed E-state index contributed by atoms with van der Waals surface area (Å²) in [5, 5.41) is 11.9. The largest absolute Gasteiger partial charge is 0.381 e. The number of nitrogens with zero attached hydrogens (tertiary/aromatic N) is 1. The summed E-state index contributed by atoms with van der Waals surface area (Å²) < 4.78 is 5.21. The normalized spacial score (nSPS) is 16.0. The zero-order chi connectivity index (χ0) is 13.0. The average molecular weight is 265 g/mol. The van der Waals surface area contributed by atoms with E-state index in [1.807, 2.05) is 6.07 Å². The molecule has 4 nitrogen and oxygen atoms in total. The van der Waals surface area contributed by atoms with Gasteiger partial charge < -0.3 is 10.1 Å². The van der Waals surface area contributed by atoms with Crippen molar-refractivity contribution < 1.29 is 9.53 Å². The molecule has 1 aromatic rings. The molecule has 1 aliphatic rings. The van der Waals surface area contributed by atoms with Crippen LogP contribution in [0.25, 0.3) is 0 Å². The number of amides is 1. The van der Waals surface area contributed by atoms with Crippen molar-refractivity contribution >= 4 is 23.2 Å². The molecule has 1 amide bonds. The Bertz CT molecular complexity index is 490. The van der Waals surface area contributed by atoms with Crippen molar-refractivity contribution in [1.82, 2.24) is 0 Å². The van der Waals surface area contributed by atoms with Gasteiger partial charge in [0, 0.05) is 24.8 Å². The molecular formula is C13H13ClN2O2. The molecule has 1 N–H and O–H groups in total. The highest BCUT2D eigenvalue weighted by Gasteiger charge is 2.21. The van der Waals surface area contributed by atoms with E-state index in [1.54, 1.807) is 18.2 Å². The third-order valence-electron chi connectivity index (χ3n) is 2.95. The van der Waals surface area contributed by atoms with Gasteiger partial charge in [-0.2, -0.15) is 5.26 Å². The summed E-state index contributed by atoms with van der Waals surface area (Å²) >= 11 is 5.90. The molecule has 5 heteroatoms. The number of ether oxygens (including phenoxy) is 1. The van der Waals surface area contributed by atoms with Crippen molar-refractivity contribution in [3.05, 3.63) is 28.8 Å². The Morgan fingerprint density at radius 1 is 1.44 bits per heavy atom. The van der Waals surface area contributed by atoms with Crippen LogP contribution in [-0.4, -0.2) is 19.1 Å². The lowest BCUT2D eigenvalue weighted by Crippen LogP contribution is -2.28. The summed E-state index contributed by atoms with van der Waals surface area (Å²) in [4.78, 5) is 12.0. The lowest BCUT2D eigenvalue weighted by Gasteiger charge is -2.21. The molecule has 0 aliphatic carbocycles. The molecule has 0 aromatic heterocycles. The third kappa shape index (κ3) is 3.00. The summed E-state index contributed by atoms with van der Waals surface area (Å²) in [7, 11) is 0. The first-order valence-corrected chi connectivity index (χ1v) is 6.17. The first-order valence-electron chi connectivity index (χ1n) is 5.79. The van der Waals surface area contributed by atoms with E-state index >= 15 is 0 Å². The van der Waals surface area contributed by atoms with Crippen LogP contribution in [0, 0.1) is 17.2 Å². The van der Waals surface area contributed by atoms with Crippen molar-refractivity contribution in [1.29, 1.82) is 5.26 Å². The Kier molecular flexibility index (Phi) is 4.19. The Morgan fingerprint density at radius 2 is 2.17 bits per heavy atom. The van der Waals surface area contributed by atoms with Gasteiger partial charge in [0.1, 0.15) is 6.07 Å². The number of halogens is 1. The Balaban J connectivity index is 2.02. The van der Waals surface area contributed by atoms with Gasteiger partial charge in [-0.1, -0.05) is 11.6 Å². The van der Waals surface area contributed by atoms with Crippen molar-refractivity contribution in [2.24, 2.45) is 5.92 Å². The molecular weight excluding hydrogens is 252 g/mol. The van der Waals surface area contributed by atoms with Crippen molar-refractivity contribution in [2.75, 3.05) is 18.5 Å². The number of nitriles is 1. The third-order valence-corrected chi connectivity index (χ3v) is 3.26. The van der Waals surface area contributed by atoms with E-state index in [2.05, 4.69) is 5.32 Å². The predicted molar refractivity (Wildman–Crippen MR) is 68.3 cm³/mol. The standard InChI is InChI=1S/C13H13ClN2O2/c14-12-7-11(2-1-10(12)8-15)16-13(17)9-3-5-18-6-4-9/h1-2,7,9H,3-6H2,(H,16,17). The van der Waals surface area contributed by atoms with E-state index in [0.29, 0.717) is 29.5 Å². The molecule has 18 heavy (non-hydrogen) atoms. The second-order valence-electron chi connectivity index (χ2n) is 4.18. The van der Waals surface area contributed by atoms with Crippen LogP contribution in [0.4, 0.5) is 5.69 Å². The molecule has 1 saturated heterocycles. The molecule has 0 atom stereocenters. The van der Waals surface area contributed by atoms with Crippen LogP contribution in [0.3, 0.4) is 0 Å². The number of anilines is 1. The average Bonchev–Trinajstić information content (AvgIpc) is 2.40. The predicted octanol–water partition coefficient (Wildman–Crippen LogP) is 2.58. The summed E-state index contributed by atoms with van der Waals surface area (Å²) in [5.74, 6) is -0.0211. The first kappa shape index (κ1) is 12.9. The second kappa shape index (κ2) is 5.85. The van der Waals surface area contributed by atoms with Crippen molar-refractivity contribution in [3.8, 4) is 6.07 Å². The highest BCUT2D eigenvalue weighted by molar-refractivity contribution is 6.32. The minimum Gasteiger partial charge on any atom is -0.381 e. The lowest BCUT2D eigenvalue weighted by atomic mass is 9.99. The van der Waals surface area contributed by atoms with Gasteiger partial charge in [-0.3, -0.25) is 4.79 Å². The van der Waals surface area contributed by atoms with Gasteiger partial charge in [0.05, 0.1) is 10.6 Å². The molecule has 1 aliphatic heterocycles. The second-order valence-corrected chi connectivity index (χ2v) is 4.59. The minimum absolute atomic E-state index is 0.00633. The molecule has 0 saturated carbocycles. The monoisotopic (exact) mass is 264 g/mol. The highest BCUT2D eigenvalue weighted by Crippen LogP contribution is 2.22. The summed E-state index contributed by atoms with van der Waals surface area (Å²) in [5.41, 5.74) is 1.02. The van der Waals surface area contributed by atoms with E-state index in [0.717, 1.165) is 12.8 Å². The van der Waals surface area contributed by atoms with Gasteiger partial charge in [-0.05, 0) is 31.0 Å². The number of hydrogen-bond acceptors (Lipinski definition) is 3. The number of carbonyl (C=O) groups excluding carboxylic acids is 1. The van der Waals surface area contributed by atoms with Crippen LogP contribution >= 0.6 is 11.6 Å². The Labute approximate surface area is 111 Å². The molecule has 1 fully saturated rings. The van der Waals surface area contributed by atoms with E-state index in [-0.39, 0.29) is 11.8 Å². The lowest BCUT2D eigenvalue weighted by molar-refractivity contribution is -0.122. The van der Waals surface area contributed by atoms with Gasteiger partial charge in [0.15, 0.2) is 0 Å². The fraction of sp³-hybridized carbons (Fsp3) is 0.385. The highest BCUT2D eigenvalue weighted by atomic mass is 35.5. The SMILES string of the molecule is N#Cc1ccc(NC(=O)C2CCOCC2)cc1Cl. The molecule has 0 unspecified atom stereocenters. The molecule has 94 valence electrons. The fourth-order valence-electron chi connectivity index (χ4n) is 1.89. The Hall–Kier alpha value is -1.57. The van der Waals surface area contributed by atoms with Crippen LogP contribution in [-0.2, 0) is 9.53 Å². The Morgan fingerprint density at radius 3 is 2.78 bits per heavy atom. The van der Waals surface area contributed by atoms with Crippen molar-refractivity contribution in [2.45, 2.75) is 12.8 Å². The van der Waals surface area contributed by atoms with E-state index < -0.39 is 0 Å². The zero-order valence-electron chi connectivity index (χ0n) is 9.78. The number of rotatable bonds is 2. The smallest absolute Gasteiger partial charge is 0.227 e. The van der Waals surface area contributed by atoms with Crippen LogP contribution < -0.4 is 5.32 Å². The molecule has 0 bridgehead atoms. The maximum absolute atomic E-state index is 12.0. The van der Waals surface area contributed by atoms with Gasteiger partial charge in [-0.15, -0.1) is 0 Å². The van der Waals surface area contributed by atoms with Crippen LogP contribution in [0.1, 0.15) is 18.4 Å². The molecule has 2 rings (SSSR count). The molecule has 0 radical (unpaired) electrons. The van der Waals surface area contributed by atoms with Gasteiger partial charge in [0.2, 0.25) is 5.91 Å². The first-order chi connectivity index (χ1) is 8.70. The van der Waals surface area contributed by atoms with Crippen LogP contribution in [0.15, 0.2) is 18.2 Å². The van der Waals surface area contributed by atoms with E-state index in [9.17, 15) is 4.79 Å². The summed E-state index contributed by atoms with van der Waals surface area (Å²) in [6, 6.07) is 6.85. The number of carbonyl (C=O) groups is 1. The zero-order valence-corrected chi connectivity index (χ0v) is 10.5. The van der Waals surface area contributed by atoms with E-state index in [4.69, 9.17) is 21.6 Å². The topological polar surface area (TPSA) is 62.1 Å². The van der Waals surface area contributed by atoms with Crippen molar-refractivity contribution in [3.63, 3.8) is 0 Å². The van der Waals surface area contributed by atoms with Crippen LogP contribution in [0.5, 0.6) is 0 Å². The van der Waals surface area contributed by atoms with Gasteiger partial charge >= 0.3 is 0 Å². The minimum atomic E-state index is -0.0147. The molecule has 1 heterocycles. The quantitative estimate of drug-likeness (QED) is 0.893. The molecule has 1 aromatic carbocycles. The van der Waals surface area contributed by atoms with Crippen LogP contribution in [0.2, 0.25) is 5.02 Å². The number of benzene rings is 1. The number of nitrogens with one attached hydrogen (secondary N) is 1. The maximum Gasteiger partial charge on any atom is 0.227 e. The summed E-state index contributed by atoms with van der Waals surface area (Å²) in [6.07, 6.45) is 1.49. The van der Waals surface area contributed by atoms with E-state index in [1.165, 1.54) is 0 Å². The molecule has 0 spiro atoms. The fourth-order valence-corrected chi connectivity index (χ4v) is 2.11. The maximum atomic E-state index is 12.0. The van der Waals surface area contributed by atoms with Gasteiger partial charge in [0.25, 0.3) is 0 Å². The summed E-state index contributed by atoms with van der Waals surface area (Å²) in [6.45, 7) is 1.26.